The van der Waals surface area contributed by atoms with Crippen molar-refractivity contribution >= 4 is 28.0 Å². The highest BCUT2D eigenvalue weighted by Gasteiger charge is 2.67. The summed E-state index contributed by atoms with van der Waals surface area (Å²) in [5.74, 6) is -0.198. The van der Waals surface area contributed by atoms with Gasteiger partial charge in [-0.3, -0.25) is 9.00 Å². The van der Waals surface area contributed by atoms with Crippen LogP contribution in [-0.2, 0) is 15.8 Å². The van der Waals surface area contributed by atoms with Crippen molar-refractivity contribution in [3.63, 3.8) is 0 Å². The number of carbonyl (C=O) groups excluding carboxylic acids is 1. The molecule has 4 rings (SSSR count). The van der Waals surface area contributed by atoms with Crippen molar-refractivity contribution in [2.24, 2.45) is 5.41 Å². The predicted octanol–water partition coefficient (Wildman–Crippen LogP) is 2.28. The molecule has 2 saturated carbocycles. The minimum absolute atomic E-state index is 0.0566. The minimum Gasteiger partial charge on any atom is -0.772 e. The van der Waals surface area contributed by atoms with Crippen LogP contribution in [0.5, 0.6) is 5.75 Å². The van der Waals surface area contributed by atoms with Crippen LogP contribution in [0.15, 0.2) is 29.1 Å². The number of nitrogens with one attached hydrogen (secondary N) is 1. The maximum Gasteiger partial charge on any atom is 0.343 e. The standard InChI is InChI=1S/C19H21NO6S/c1-2-25-17(22)13-10-12-4-3-5-14(15(12)20-16(13)21)26-11-18(6-7-18)19(8-9-19)27(23)24/h3-5,10H,2,6-9,11H2,1H3,(H,20,21)(H,23,24)/p-1. The van der Waals surface area contributed by atoms with Gasteiger partial charge in [0, 0.05) is 15.5 Å². The summed E-state index contributed by atoms with van der Waals surface area (Å²) in [4.78, 5) is 26.9. The first kappa shape index (κ1) is 18.2. The van der Waals surface area contributed by atoms with Crippen LogP contribution < -0.4 is 10.3 Å². The van der Waals surface area contributed by atoms with E-state index in [9.17, 15) is 18.4 Å². The summed E-state index contributed by atoms with van der Waals surface area (Å²) >= 11 is -2.11. The van der Waals surface area contributed by atoms with Gasteiger partial charge in [0.2, 0.25) is 0 Å². The third-order valence-electron chi connectivity index (χ3n) is 5.68. The fourth-order valence-electron chi connectivity index (χ4n) is 3.77. The van der Waals surface area contributed by atoms with E-state index in [0.717, 1.165) is 12.8 Å². The number of carbonyl (C=O) groups is 1. The number of fused-ring (bicyclic) bond motifs is 1. The van der Waals surface area contributed by atoms with Gasteiger partial charge >= 0.3 is 5.97 Å². The van der Waals surface area contributed by atoms with Gasteiger partial charge in [-0.1, -0.05) is 12.1 Å². The number of benzene rings is 1. The molecule has 0 spiro atoms. The number of hydrogen-bond acceptors (Lipinski definition) is 6. The lowest BCUT2D eigenvalue weighted by Gasteiger charge is -2.29. The largest absolute Gasteiger partial charge is 0.772 e. The molecule has 0 saturated heterocycles. The molecule has 0 radical (unpaired) electrons. The Kier molecular flexibility index (Phi) is 4.35. The first-order chi connectivity index (χ1) is 12.9. The average molecular weight is 390 g/mol. The molecule has 2 aromatic rings. The van der Waals surface area contributed by atoms with E-state index in [2.05, 4.69) is 4.98 Å². The van der Waals surface area contributed by atoms with Crippen LogP contribution in [0.2, 0.25) is 0 Å². The third kappa shape index (κ3) is 2.96. The summed E-state index contributed by atoms with van der Waals surface area (Å²) in [6, 6.07) is 6.75. The van der Waals surface area contributed by atoms with Gasteiger partial charge in [-0.2, -0.15) is 0 Å². The van der Waals surface area contributed by atoms with Gasteiger partial charge in [0.1, 0.15) is 11.3 Å². The van der Waals surface area contributed by atoms with Crippen LogP contribution in [0.4, 0.5) is 0 Å². The van der Waals surface area contributed by atoms with Crippen molar-refractivity contribution in [3.8, 4) is 5.75 Å². The highest BCUT2D eigenvalue weighted by atomic mass is 32.2. The number of esters is 1. The molecular weight excluding hydrogens is 370 g/mol. The minimum atomic E-state index is -2.11. The van der Waals surface area contributed by atoms with Gasteiger partial charge in [-0.15, -0.1) is 0 Å². The number of H-pyrrole nitrogens is 1. The van der Waals surface area contributed by atoms with Crippen LogP contribution >= 0.6 is 0 Å². The van der Waals surface area contributed by atoms with Crippen LogP contribution in [0.1, 0.15) is 43.0 Å². The average Bonchev–Trinajstić information content (AvgIpc) is 3.53. The van der Waals surface area contributed by atoms with Gasteiger partial charge in [0.15, 0.2) is 0 Å². The Morgan fingerprint density at radius 1 is 1.30 bits per heavy atom. The van der Waals surface area contributed by atoms with Gasteiger partial charge < -0.3 is 19.0 Å². The lowest BCUT2D eigenvalue weighted by molar-refractivity contribution is 0.0524. The van der Waals surface area contributed by atoms with Crippen LogP contribution in [0.25, 0.3) is 10.9 Å². The molecule has 0 aliphatic heterocycles. The van der Waals surface area contributed by atoms with Crippen molar-refractivity contribution in [3.05, 3.63) is 40.2 Å². The SMILES string of the molecule is CCOC(=O)c1cc2cccc(OCC3(C4(S(=O)[O-])CC4)CC3)c2[nH]c1=O. The number of pyridine rings is 1. The molecule has 27 heavy (non-hydrogen) atoms. The summed E-state index contributed by atoms with van der Waals surface area (Å²) in [6.07, 6.45) is 3.02. The zero-order valence-electron chi connectivity index (χ0n) is 14.9. The highest BCUT2D eigenvalue weighted by Crippen LogP contribution is 2.66. The number of ether oxygens (including phenoxy) is 2. The fourth-order valence-corrected chi connectivity index (χ4v) is 4.82. The van der Waals surface area contributed by atoms with E-state index >= 15 is 0 Å². The predicted molar refractivity (Wildman–Crippen MR) is 98.6 cm³/mol. The Balaban J connectivity index is 1.62. The monoisotopic (exact) mass is 390 g/mol. The molecule has 7 nitrogen and oxygen atoms in total. The first-order valence-corrected chi connectivity index (χ1v) is 10.1. The highest BCUT2D eigenvalue weighted by molar-refractivity contribution is 7.81. The van der Waals surface area contributed by atoms with Crippen LogP contribution in [0, 0.1) is 5.41 Å². The van der Waals surface area contributed by atoms with Gasteiger partial charge in [0.25, 0.3) is 5.56 Å². The zero-order valence-corrected chi connectivity index (χ0v) is 15.7. The van der Waals surface area contributed by atoms with Gasteiger partial charge in [0.05, 0.1) is 18.7 Å². The van der Waals surface area contributed by atoms with Gasteiger partial charge in [-0.05, 0) is 55.8 Å². The summed E-state index contributed by atoms with van der Waals surface area (Å²) in [5, 5.41) is 0.647. The molecule has 1 heterocycles. The van der Waals surface area contributed by atoms with Gasteiger partial charge in [-0.25, -0.2) is 4.79 Å². The van der Waals surface area contributed by atoms with Crippen molar-refractivity contribution in [1.82, 2.24) is 4.98 Å². The number of aromatic nitrogens is 1. The normalized spacial score (nSPS) is 20.1. The Labute approximate surface area is 158 Å². The molecule has 8 heteroatoms. The van der Waals surface area contributed by atoms with Crippen LogP contribution in [0.3, 0.4) is 0 Å². The molecule has 0 amide bonds. The van der Waals surface area contributed by atoms with Crippen molar-refractivity contribution in [2.75, 3.05) is 13.2 Å². The second kappa shape index (κ2) is 6.45. The Bertz CT molecular complexity index is 989. The lowest BCUT2D eigenvalue weighted by atomic mass is 10.0. The maximum atomic E-state index is 12.3. The molecule has 0 bridgehead atoms. The maximum absolute atomic E-state index is 12.3. The third-order valence-corrected chi connectivity index (χ3v) is 7.16. The first-order valence-electron chi connectivity index (χ1n) is 8.98. The molecule has 144 valence electrons. The number of hydrogen-bond donors (Lipinski definition) is 1. The summed E-state index contributed by atoms with van der Waals surface area (Å²) in [6.45, 7) is 2.15. The number of rotatable bonds is 7. The molecule has 2 aliphatic rings. The van der Waals surface area contributed by atoms with E-state index in [1.54, 1.807) is 25.1 Å². The van der Waals surface area contributed by atoms with E-state index in [1.165, 1.54) is 6.07 Å². The molecule has 1 unspecified atom stereocenters. The Hall–Kier alpha value is -2.19. The van der Waals surface area contributed by atoms with Crippen molar-refractivity contribution < 1.29 is 23.0 Å². The van der Waals surface area contributed by atoms with E-state index in [-0.39, 0.29) is 17.6 Å². The Morgan fingerprint density at radius 3 is 2.63 bits per heavy atom. The topological polar surface area (TPSA) is 109 Å². The number of aromatic amines is 1. The second-order valence-corrected chi connectivity index (χ2v) is 8.50. The quantitative estimate of drug-likeness (QED) is 0.574. The smallest absolute Gasteiger partial charge is 0.343 e. The zero-order chi connectivity index (χ0) is 19.2. The number of para-hydroxylation sites is 1. The molecule has 2 fully saturated rings. The summed E-state index contributed by atoms with van der Waals surface area (Å²) < 4.78 is 33.5. The lowest BCUT2D eigenvalue weighted by Crippen LogP contribution is -2.34. The summed E-state index contributed by atoms with van der Waals surface area (Å²) in [7, 11) is 0. The van der Waals surface area contributed by atoms with E-state index in [4.69, 9.17) is 9.47 Å². The van der Waals surface area contributed by atoms with E-state index < -0.39 is 27.4 Å². The molecule has 1 N–H and O–H groups in total. The van der Waals surface area contributed by atoms with Crippen molar-refractivity contribution in [1.29, 1.82) is 0 Å². The molecular formula is C19H20NO6S-. The fraction of sp³-hybridized carbons (Fsp3) is 0.474. The molecule has 1 aromatic heterocycles. The molecule has 2 aliphatic carbocycles. The molecule has 1 atom stereocenters. The summed E-state index contributed by atoms with van der Waals surface area (Å²) in [5.41, 5.74) is -0.441. The molecule has 1 aromatic carbocycles. The second-order valence-electron chi connectivity index (χ2n) is 7.25. The van der Waals surface area contributed by atoms with Crippen LogP contribution in [-0.4, -0.2) is 37.7 Å². The van der Waals surface area contributed by atoms with Crippen molar-refractivity contribution in [2.45, 2.75) is 37.4 Å². The van der Waals surface area contributed by atoms with E-state index in [1.807, 2.05) is 0 Å². The van der Waals surface area contributed by atoms with E-state index in [0.29, 0.717) is 36.1 Å². The Morgan fingerprint density at radius 2 is 2.04 bits per heavy atom.